The van der Waals surface area contributed by atoms with Crippen molar-refractivity contribution in [2.24, 2.45) is 0 Å². The van der Waals surface area contributed by atoms with Gasteiger partial charge in [0.2, 0.25) is 0 Å². The molecule has 0 spiro atoms. The number of hydrogen-bond acceptors (Lipinski definition) is 0. The van der Waals surface area contributed by atoms with Crippen LogP contribution in [-0.4, -0.2) is 0 Å². The Morgan fingerprint density at radius 2 is 1.63 bits per heavy atom. The number of halogens is 3. The molecule has 0 aromatic heterocycles. The average molecular weight is 342 g/mol. The molecule has 0 saturated heterocycles. The van der Waals surface area contributed by atoms with Crippen LogP contribution in [0.5, 0.6) is 0 Å². The predicted octanol–water partition coefficient (Wildman–Crippen LogP) is 5.89. The smallest absolute Gasteiger partial charge is 0.126 e. The standard InChI is InChI=1S/C16H15BrClF/c1-9-4-5-12(8-15(9)19)16(17)13-6-10(2)11(3)7-14(13)18/h4-8,16H,1-3H3. The molecule has 1 unspecified atom stereocenters. The molecule has 2 aromatic rings. The minimum Gasteiger partial charge on any atom is -0.207 e. The zero-order valence-corrected chi connectivity index (χ0v) is 13.4. The van der Waals surface area contributed by atoms with Gasteiger partial charge in [-0.1, -0.05) is 45.7 Å². The Balaban J connectivity index is 2.46. The lowest BCUT2D eigenvalue weighted by Crippen LogP contribution is -1.97. The van der Waals surface area contributed by atoms with Gasteiger partial charge in [-0.05, 0) is 60.7 Å². The molecule has 0 N–H and O–H groups in total. The van der Waals surface area contributed by atoms with E-state index in [1.807, 2.05) is 26.0 Å². The minimum absolute atomic E-state index is 0.102. The third-order valence-corrected chi connectivity index (χ3v) is 4.72. The minimum atomic E-state index is -0.193. The predicted molar refractivity (Wildman–Crippen MR) is 82.8 cm³/mol. The maximum atomic E-state index is 13.6. The highest BCUT2D eigenvalue weighted by Gasteiger charge is 2.16. The van der Waals surface area contributed by atoms with E-state index in [4.69, 9.17) is 11.6 Å². The van der Waals surface area contributed by atoms with Crippen LogP contribution in [0.3, 0.4) is 0 Å². The molecule has 1 atom stereocenters. The molecule has 0 fully saturated rings. The largest absolute Gasteiger partial charge is 0.207 e. The molecule has 0 amide bonds. The second-order valence-electron chi connectivity index (χ2n) is 4.83. The van der Waals surface area contributed by atoms with Gasteiger partial charge in [-0.2, -0.15) is 0 Å². The molecule has 0 radical (unpaired) electrons. The van der Waals surface area contributed by atoms with Crippen LogP contribution in [0.2, 0.25) is 5.02 Å². The van der Waals surface area contributed by atoms with E-state index in [2.05, 4.69) is 22.0 Å². The maximum Gasteiger partial charge on any atom is 0.126 e. The van der Waals surface area contributed by atoms with E-state index < -0.39 is 0 Å². The van der Waals surface area contributed by atoms with Crippen molar-refractivity contribution in [3.63, 3.8) is 0 Å². The Labute approximate surface area is 126 Å². The molecular formula is C16H15BrClF. The molecule has 3 heteroatoms. The van der Waals surface area contributed by atoms with Gasteiger partial charge in [-0.25, -0.2) is 4.39 Å². The lowest BCUT2D eigenvalue weighted by molar-refractivity contribution is 0.616. The van der Waals surface area contributed by atoms with E-state index in [-0.39, 0.29) is 10.6 Å². The van der Waals surface area contributed by atoms with Crippen molar-refractivity contribution in [1.29, 1.82) is 0 Å². The highest BCUT2D eigenvalue weighted by Crippen LogP contribution is 2.37. The summed E-state index contributed by atoms with van der Waals surface area (Å²) in [6, 6.07) is 9.26. The zero-order chi connectivity index (χ0) is 14.2. The molecule has 100 valence electrons. The Kier molecular flexibility index (Phi) is 4.32. The summed E-state index contributed by atoms with van der Waals surface area (Å²) in [6.45, 7) is 5.83. The Hall–Kier alpha value is -0.860. The quantitative estimate of drug-likeness (QED) is 0.598. The van der Waals surface area contributed by atoms with Crippen LogP contribution in [0.1, 0.15) is 32.6 Å². The average Bonchev–Trinajstić information content (AvgIpc) is 2.36. The lowest BCUT2D eigenvalue weighted by atomic mass is 9.99. The van der Waals surface area contributed by atoms with E-state index in [1.54, 1.807) is 19.1 Å². The van der Waals surface area contributed by atoms with E-state index in [1.165, 1.54) is 5.56 Å². The second kappa shape index (κ2) is 5.64. The molecule has 0 aliphatic carbocycles. The Morgan fingerprint density at radius 3 is 2.26 bits per heavy atom. The Morgan fingerprint density at radius 1 is 1.00 bits per heavy atom. The van der Waals surface area contributed by atoms with Crippen molar-refractivity contribution in [3.05, 3.63) is 69.0 Å². The monoisotopic (exact) mass is 340 g/mol. The van der Waals surface area contributed by atoms with Crippen molar-refractivity contribution < 1.29 is 4.39 Å². The summed E-state index contributed by atoms with van der Waals surface area (Å²) in [5, 5.41) is 0.700. The molecule has 0 aliphatic heterocycles. The summed E-state index contributed by atoms with van der Waals surface area (Å²) in [5.41, 5.74) is 4.82. The molecule has 0 heterocycles. The molecular weight excluding hydrogens is 327 g/mol. The van der Waals surface area contributed by atoms with Crippen molar-refractivity contribution in [1.82, 2.24) is 0 Å². The fraction of sp³-hybridized carbons (Fsp3) is 0.250. The van der Waals surface area contributed by atoms with Crippen molar-refractivity contribution in [2.75, 3.05) is 0 Å². The van der Waals surface area contributed by atoms with Gasteiger partial charge in [-0.15, -0.1) is 0 Å². The van der Waals surface area contributed by atoms with Gasteiger partial charge in [0.25, 0.3) is 0 Å². The van der Waals surface area contributed by atoms with Crippen LogP contribution >= 0.6 is 27.5 Å². The van der Waals surface area contributed by atoms with Crippen LogP contribution in [0.15, 0.2) is 30.3 Å². The maximum absolute atomic E-state index is 13.6. The van der Waals surface area contributed by atoms with Gasteiger partial charge >= 0.3 is 0 Å². The fourth-order valence-corrected chi connectivity index (χ4v) is 3.07. The first-order valence-electron chi connectivity index (χ1n) is 6.07. The van der Waals surface area contributed by atoms with Crippen molar-refractivity contribution in [2.45, 2.75) is 25.6 Å². The highest BCUT2D eigenvalue weighted by molar-refractivity contribution is 9.09. The summed E-state index contributed by atoms with van der Waals surface area (Å²) in [4.78, 5) is -0.102. The van der Waals surface area contributed by atoms with E-state index >= 15 is 0 Å². The van der Waals surface area contributed by atoms with Crippen LogP contribution in [0, 0.1) is 26.6 Å². The third kappa shape index (κ3) is 3.01. The van der Waals surface area contributed by atoms with Crippen LogP contribution in [-0.2, 0) is 0 Å². The third-order valence-electron chi connectivity index (χ3n) is 3.37. The molecule has 19 heavy (non-hydrogen) atoms. The van der Waals surface area contributed by atoms with Gasteiger partial charge in [0.15, 0.2) is 0 Å². The van der Waals surface area contributed by atoms with Gasteiger partial charge in [0, 0.05) is 5.02 Å². The summed E-state index contributed by atoms with van der Waals surface area (Å²) in [7, 11) is 0. The number of benzene rings is 2. The highest BCUT2D eigenvalue weighted by atomic mass is 79.9. The van der Waals surface area contributed by atoms with Crippen LogP contribution < -0.4 is 0 Å². The molecule has 0 nitrogen and oxygen atoms in total. The van der Waals surface area contributed by atoms with E-state index in [0.717, 1.165) is 16.7 Å². The molecule has 0 aliphatic rings. The molecule has 2 rings (SSSR count). The molecule has 0 saturated carbocycles. The zero-order valence-electron chi connectivity index (χ0n) is 11.1. The first kappa shape index (κ1) is 14.5. The SMILES string of the molecule is Cc1cc(Cl)c(C(Br)c2ccc(C)c(F)c2)cc1C. The van der Waals surface area contributed by atoms with Gasteiger partial charge in [0.05, 0.1) is 4.83 Å². The van der Waals surface area contributed by atoms with Crippen LogP contribution in [0.4, 0.5) is 4.39 Å². The number of rotatable bonds is 2. The first-order chi connectivity index (χ1) is 8.90. The summed E-state index contributed by atoms with van der Waals surface area (Å²) < 4.78 is 13.6. The van der Waals surface area contributed by atoms with Gasteiger partial charge < -0.3 is 0 Å². The number of aryl methyl sites for hydroxylation is 3. The summed E-state index contributed by atoms with van der Waals surface area (Å²) >= 11 is 9.90. The van der Waals surface area contributed by atoms with Gasteiger partial charge in [-0.3, -0.25) is 0 Å². The first-order valence-corrected chi connectivity index (χ1v) is 7.36. The topological polar surface area (TPSA) is 0 Å². The molecule has 2 aromatic carbocycles. The van der Waals surface area contributed by atoms with Crippen molar-refractivity contribution in [3.8, 4) is 0 Å². The fourth-order valence-electron chi connectivity index (χ4n) is 1.94. The van der Waals surface area contributed by atoms with Gasteiger partial charge in [0.1, 0.15) is 5.82 Å². The Bertz CT molecular complexity index is 622. The van der Waals surface area contributed by atoms with Crippen LogP contribution in [0.25, 0.3) is 0 Å². The normalized spacial score (nSPS) is 12.5. The lowest BCUT2D eigenvalue weighted by Gasteiger charge is -2.15. The molecule has 0 bridgehead atoms. The van der Waals surface area contributed by atoms with Crippen molar-refractivity contribution >= 4 is 27.5 Å². The number of hydrogen-bond donors (Lipinski definition) is 0. The second-order valence-corrected chi connectivity index (χ2v) is 6.15. The van der Waals surface area contributed by atoms with E-state index in [0.29, 0.717) is 10.6 Å². The van der Waals surface area contributed by atoms with E-state index in [9.17, 15) is 4.39 Å². The number of alkyl halides is 1. The summed E-state index contributed by atoms with van der Waals surface area (Å²) in [5.74, 6) is -0.193. The summed E-state index contributed by atoms with van der Waals surface area (Å²) in [6.07, 6.45) is 0.